The fourth-order valence-corrected chi connectivity index (χ4v) is 4.28. The normalized spacial score (nSPS) is 16.0. The minimum Gasteiger partial charge on any atom is -0.496 e. The Bertz CT molecular complexity index is 674. The second kappa shape index (κ2) is 6.67. The molecule has 0 amide bonds. The van der Waals surface area contributed by atoms with Gasteiger partial charge in [-0.3, -0.25) is 9.69 Å². The van der Waals surface area contributed by atoms with Crippen LogP contribution in [0.3, 0.4) is 0 Å². The van der Waals surface area contributed by atoms with E-state index < -0.39 is 5.97 Å². The molecule has 1 N–H and O–H groups in total. The lowest BCUT2D eigenvalue weighted by Crippen LogP contribution is -2.29. The van der Waals surface area contributed by atoms with Gasteiger partial charge in [0.1, 0.15) is 5.75 Å². The average molecular weight is 319 g/mol. The lowest BCUT2D eigenvalue weighted by molar-refractivity contribution is -0.136. The number of likely N-dealkylation sites (tertiary alicyclic amines) is 1. The molecule has 118 valence electrons. The summed E-state index contributed by atoms with van der Waals surface area (Å²) in [7, 11) is 1.70. The summed E-state index contributed by atoms with van der Waals surface area (Å²) in [4.78, 5) is 13.5. The summed E-state index contributed by atoms with van der Waals surface area (Å²) in [5, 5.41) is 12.1. The second-order valence-electron chi connectivity index (χ2n) is 5.79. The molecule has 1 aromatic heterocycles. The molecule has 0 saturated carbocycles. The molecule has 0 radical (unpaired) electrons. The Morgan fingerprint density at radius 3 is 2.77 bits per heavy atom. The van der Waals surface area contributed by atoms with Crippen LogP contribution in [0.1, 0.15) is 30.4 Å². The van der Waals surface area contributed by atoms with Crippen molar-refractivity contribution >= 4 is 27.4 Å². The Hall–Kier alpha value is -1.59. The molecule has 0 aliphatic carbocycles. The van der Waals surface area contributed by atoms with E-state index in [-0.39, 0.29) is 6.42 Å². The van der Waals surface area contributed by atoms with Gasteiger partial charge in [0.25, 0.3) is 0 Å². The predicted molar refractivity (Wildman–Crippen MR) is 88.8 cm³/mol. The lowest BCUT2D eigenvalue weighted by atomic mass is 10.0. The first kappa shape index (κ1) is 15.3. The molecule has 4 nitrogen and oxygen atoms in total. The summed E-state index contributed by atoms with van der Waals surface area (Å²) in [6, 6.07) is 3.96. The highest BCUT2D eigenvalue weighted by molar-refractivity contribution is 7.17. The average Bonchev–Trinajstić information content (AvgIpc) is 2.91. The van der Waals surface area contributed by atoms with Gasteiger partial charge in [0.2, 0.25) is 0 Å². The highest BCUT2D eigenvalue weighted by Gasteiger charge is 2.18. The number of aliphatic carboxylic acids is 1. The molecule has 0 unspecified atom stereocenters. The molecule has 2 heterocycles. The zero-order valence-electron chi connectivity index (χ0n) is 12.8. The van der Waals surface area contributed by atoms with Crippen molar-refractivity contribution < 1.29 is 14.6 Å². The third kappa shape index (κ3) is 3.10. The van der Waals surface area contributed by atoms with E-state index in [1.54, 1.807) is 18.4 Å². The van der Waals surface area contributed by atoms with Crippen LogP contribution in [0.4, 0.5) is 0 Å². The summed E-state index contributed by atoms with van der Waals surface area (Å²) in [6.07, 6.45) is 3.91. The third-order valence-corrected chi connectivity index (χ3v) is 5.38. The van der Waals surface area contributed by atoms with Gasteiger partial charge < -0.3 is 9.84 Å². The van der Waals surface area contributed by atoms with E-state index in [9.17, 15) is 4.79 Å². The molecule has 1 aliphatic rings. The van der Waals surface area contributed by atoms with Gasteiger partial charge in [-0.1, -0.05) is 6.42 Å². The van der Waals surface area contributed by atoms with Crippen molar-refractivity contribution in [3.05, 3.63) is 28.6 Å². The smallest absolute Gasteiger partial charge is 0.307 e. The molecule has 22 heavy (non-hydrogen) atoms. The van der Waals surface area contributed by atoms with E-state index in [0.29, 0.717) is 0 Å². The van der Waals surface area contributed by atoms with Crippen LogP contribution in [0.2, 0.25) is 0 Å². The zero-order chi connectivity index (χ0) is 15.5. The molecule has 1 aromatic carbocycles. The minimum atomic E-state index is -0.784. The van der Waals surface area contributed by atoms with Gasteiger partial charge in [0.05, 0.1) is 13.5 Å². The van der Waals surface area contributed by atoms with Crippen molar-refractivity contribution in [1.29, 1.82) is 0 Å². The van der Waals surface area contributed by atoms with Crippen LogP contribution in [0.5, 0.6) is 5.75 Å². The molecule has 0 atom stereocenters. The van der Waals surface area contributed by atoms with Crippen molar-refractivity contribution in [2.24, 2.45) is 0 Å². The summed E-state index contributed by atoms with van der Waals surface area (Å²) in [5.41, 5.74) is 2.10. The van der Waals surface area contributed by atoms with E-state index in [1.165, 1.54) is 29.5 Å². The number of fused-ring (bicyclic) bond motifs is 1. The number of hydrogen-bond donors (Lipinski definition) is 1. The Morgan fingerprint density at radius 1 is 1.32 bits per heavy atom. The molecule has 2 aromatic rings. The number of carboxylic acids is 1. The first-order valence-electron chi connectivity index (χ1n) is 7.69. The standard InChI is InChI=1S/C17H21NO3S/c1-21-15-6-5-13-12(9-16(19)20)11-22-17(13)14(15)10-18-7-3-2-4-8-18/h5-6,11H,2-4,7-10H2,1H3,(H,19,20). The summed E-state index contributed by atoms with van der Waals surface area (Å²) < 4.78 is 6.72. The number of thiophene rings is 1. The van der Waals surface area contributed by atoms with Gasteiger partial charge in [-0.05, 0) is 54.4 Å². The van der Waals surface area contributed by atoms with Crippen LogP contribution in [-0.2, 0) is 17.8 Å². The number of methoxy groups -OCH3 is 1. The molecule has 1 aliphatic heterocycles. The number of piperidine rings is 1. The maximum Gasteiger partial charge on any atom is 0.307 e. The molecule has 5 heteroatoms. The number of ether oxygens (including phenoxy) is 1. The lowest BCUT2D eigenvalue weighted by Gasteiger charge is -2.27. The molecule has 3 rings (SSSR count). The van der Waals surface area contributed by atoms with Crippen LogP contribution in [0.25, 0.3) is 10.1 Å². The van der Waals surface area contributed by atoms with Gasteiger partial charge in [-0.2, -0.15) is 0 Å². The van der Waals surface area contributed by atoms with Crippen molar-refractivity contribution in [3.8, 4) is 5.75 Å². The van der Waals surface area contributed by atoms with E-state index in [0.717, 1.165) is 36.3 Å². The van der Waals surface area contributed by atoms with Gasteiger partial charge in [-0.25, -0.2) is 0 Å². The van der Waals surface area contributed by atoms with Crippen LogP contribution in [0, 0.1) is 0 Å². The van der Waals surface area contributed by atoms with Crippen LogP contribution < -0.4 is 4.74 Å². The quantitative estimate of drug-likeness (QED) is 0.916. The van der Waals surface area contributed by atoms with Crippen molar-refractivity contribution in [3.63, 3.8) is 0 Å². The Labute approximate surface area is 134 Å². The fourth-order valence-electron chi connectivity index (χ4n) is 3.17. The summed E-state index contributed by atoms with van der Waals surface area (Å²) in [5.74, 6) is 0.120. The van der Waals surface area contributed by atoms with Crippen molar-refractivity contribution in [2.45, 2.75) is 32.2 Å². The number of rotatable bonds is 5. The minimum absolute atomic E-state index is 0.0789. The molecular formula is C17H21NO3S. The fraction of sp³-hybridized carbons (Fsp3) is 0.471. The van der Waals surface area contributed by atoms with Crippen molar-refractivity contribution in [2.75, 3.05) is 20.2 Å². The third-order valence-electron chi connectivity index (χ3n) is 4.27. The number of hydrogen-bond acceptors (Lipinski definition) is 4. The highest BCUT2D eigenvalue weighted by Crippen LogP contribution is 2.36. The zero-order valence-corrected chi connectivity index (χ0v) is 13.6. The van der Waals surface area contributed by atoms with Gasteiger partial charge in [-0.15, -0.1) is 11.3 Å². The predicted octanol–water partition coefficient (Wildman–Crippen LogP) is 3.52. The van der Waals surface area contributed by atoms with E-state index >= 15 is 0 Å². The van der Waals surface area contributed by atoms with Crippen LogP contribution in [0.15, 0.2) is 17.5 Å². The molecule has 0 bridgehead atoms. The number of carboxylic acid groups (broad SMARTS) is 1. The van der Waals surface area contributed by atoms with Gasteiger partial charge >= 0.3 is 5.97 Å². The first-order chi connectivity index (χ1) is 10.7. The SMILES string of the molecule is COc1ccc2c(CC(=O)O)csc2c1CN1CCCCC1. The molecular weight excluding hydrogens is 298 g/mol. The molecule has 0 spiro atoms. The maximum absolute atomic E-state index is 11.0. The van der Waals surface area contributed by atoms with Crippen LogP contribution >= 0.6 is 11.3 Å². The van der Waals surface area contributed by atoms with Crippen molar-refractivity contribution in [1.82, 2.24) is 4.90 Å². The number of carbonyl (C=O) groups is 1. The van der Waals surface area contributed by atoms with Gasteiger partial charge in [0.15, 0.2) is 0 Å². The summed E-state index contributed by atoms with van der Waals surface area (Å²) >= 11 is 1.63. The Morgan fingerprint density at radius 2 is 2.09 bits per heavy atom. The van der Waals surface area contributed by atoms with E-state index in [2.05, 4.69) is 4.90 Å². The maximum atomic E-state index is 11.0. The van der Waals surface area contributed by atoms with E-state index in [4.69, 9.17) is 9.84 Å². The van der Waals surface area contributed by atoms with Gasteiger partial charge in [0, 0.05) is 16.8 Å². The number of nitrogens with zero attached hydrogens (tertiary/aromatic N) is 1. The topological polar surface area (TPSA) is 49.8 Å². The molecule has 1 saturated heterocycles. The largest absolute Gasteiger partial charge is 0.496 e. The Balaban J connectivity index is 1.97. The molecule has 1 fully saturated rings. The Kier molecular flexibility index (Phi) is 4.64. The first-order valence-corrected chi connectivity index (χ1v) is 8.57. The van der Waals surface area contributed by atoms with E-state index in [1.807, 2.05) is 17.5 Å². The second-order valence-corrected chi connectivity index (χ2v) is 6.67. The van der Waals surface area contributed by atoms with Crippen LogP contribution in [-0.4, -0.2) is 36.2 Å². The number of benzene rings is 1. The highest BCUT2D eigenvalue weighted by atomic mass is 32.1. The summed E-state index contributed by atoms with van der Waals surface area (Å²) in [6.45, 7) is 3.15. The monoisotopic (exact) mass is 319 g/mol.